The third-order valence-corrected chi connectivity index (χ3v) is 4.47. The van der Waals surface area contributed by atoms with Crippen molar-refractivity contribution in [3.05, 3.63) is 47.5 Å². The number of imidazole rings is 1. The molecule has 0 aromatic carbocycles. The minimum Gasteiger partial charge on any atom is -0.314 e. The molecule has 0 spiro atoms. The Balaban J connectivity index is 1.58. The Labute approximate surface area is 141 Å². The summed E-state index contributed by atoms with van der Waals surface area (Å²) in [6.45, 7) is 9.20. The van der Waals surface area contributed by atoms with Crippen LogP contribution in [0.5, 0.6) is 0 Å². The first-order valence-corrected chi connectivity index (χ1v) is 8.41. The molecule has 6 nitrogen and oxygen atoms in total. The number of nitrogens with zero attached hydrogens (tertiary/aromatic N) is 5. The molecule has 0 saturated carbocycles. The van der Waals surface area contributed by atoms with Gasteiger partial charge in [0.15, 0.2) is 0 Å². The normalized spacial score (nSPS) is 15.9. The Morgan fingerprint density at radius 2 is 1.92 bits per heavy atom. The molecular weight excluding hydrogens is 300 g/mol. The van der Waals surface area contributed by atoms with E-state index in [1.165, 1.54) is 0 Å². The number of hydrogen-bond donors (Lipinski definition) is 1. The maximum atomic E-state index is 4.54. The fraction of sp³-hybridized carbons (Fsp3) is 0.389. The summed E-state index contributed by atoms with van der Waals surface area (Å²) in [4.78, 5) is 6.95. The Morgan fingerprint density at radius 3 is 2.67 bits per heavy atom. The topological polar surface area (TPSA) is 58.4 Å². The van der Waals surface area contributed by atoms with Crippen LogP contribution in [0.1, 0.15) is 17.0 Å². The quantitative estimate of drug-likeness (QED) is 0.797. The summed E-state index contributed by atoms with van der Waals surface area (Å²) in [5, 5.41) is 12.2. The minimum absolute atomic E-state index is 0.869. The van der Waals surface area contributed by atoms with Gasteiger partial charge in [0.05, 0.1) is 17.1 Å². The molecule has 3 aromatic heterocycles. The van der Waals surface area contributed by atoms with Crippen LogP contribution >= 0.6 is 0 Å². The molecule has 1 aliphatic rings. The Bertz CT molecular complexity index is 846. The smallest absolute Gasteiger partial charge is 0.139 e. The van der Waals surface area contributed by atoms with Gasteiger partial charge in [0.1, 0.15) is 5.65 Å². The van der Waals surface area contributed by atoms with E-state index in [1.807, 2.05) is 13.1 Å². The number of aryl methyl sites for hydroxylation is 2. The monoisotopic (exact) mass is 322 g/mol. The molecule has 3 aromatic rings. The van der Waals surface area contributed by atoms with Crippen molar-refractivity contribution < 1.29 is 0 Å². The largest absolute Gasteiger partial charge is 0.314 e. The molecule has 0 bridgehead atoms. The van der Waals surface area contributed by atoms with Gasteiger partial charge in [-0.05, 0) is 37.6 Å². The zero-order valence-corrected chi connectivity index (χ0v) is 14.2. The number of aromatic nitrogens is 4. The molecule has 24 heavy (non-hydrogen) atoms. The first kappa shape index (κ1) is 15.2. The number of fused-ring (bicyclic) bond motifs is 1. The van der Waals surface area contributed by atoms with Gasteiger partial charge in [0.2, 0.25) is 0 Å². The van der Waals surface area contributed by atoms with Crippen LogP contribution in [0.3, 0.4) is 0 Å². The molecular formula is C18H22N6. The minimum atomic E-state index is 0.869. The fourth-order valence-corrected chi connectivity index (χ4v) is 3.23. The molecule has 4 heterocycles. The molecule has 4 rings (SSSR count). The van der Waals surface area contributed by atoms with Crippen LogP contribution in [0.25, 0.3) is 16.9 Å². The molecule has 1 saturated heterocycles. The number of nitrogens with one attached hydrogen (secondary N) is 1. The summed E-state index contributed by atoms with van der Waals surface area (Å²) in [7, 11) is 0. The van der Waals surface area contributed by atoms with E-state index in [2.05, 4.69) is 61.1 Å². The first-order valence-electron chi connectivity index (χ1n) is 8.41. The van der Waals surface area contributed by atoms with Crippen molar-refractivity contribution in [1.29, 1.82) is 0 Å². The molecule has 1 N–H and O–H groups in total. The number of pyridine rings is 1. The number of piperazine rings is 1. The third kappa shape index (κ3) is 3.02. The van der Waals surface area contributed by atoms with Crippen LogP contribution in [0.2, 0.25) is 0 Å². The summed E-state index contributed by atoms with van der Waals surface area (Å²) in [5.41, 5.74) is 6.16. The second-order valence-corrected chi connectivity index (χ2v) is 6.46. The standard InChI is InChI=1S/C18H22N6/c1-13-9-15(11-24-10-14(2)20-18(13)24)17-4-3-16(21-22-17)12-23-7-5-19-6-8-23/h3-4,9-11,19H,5-8,12H2,1-2H3. The van der Waals surface area contributed by atoms with Crippen molar-refractivity contribution >= 4 is 5.65 Å². The lowest BCUT2D eigenvalue weighted by molar-refractivity contribution is 0.230. The molecule has 1 fully saturated rings. The SMILES string of the molecule is Cc1cn2cc(-c3ccc(CN4CCNCC4)nn3)cc(C)c2n1. The summed E-state index contributed by atoms with van der Waals surface area (Å²) in [6.07, 6.45) is 4.11. The molecule has 0 atom stereocenters. The van der Waals surface area contributed by atoms with Gasteiger partial charge in [-0.1, -0.05) is 0 Å². The van der Waals surface area contributed by atoms with E-state index in [1.54, 1.807) is 0 Å². The van der Waals surface area contributed by atoms with Gasteiger partial charge in [-0.25, -0.2) is 4.98 Å². The van der Waals surface area contributed by atoms with Gasteiger partial charge in [-0.3, -0.25) is 4.90 Å². The number of hydrogen-bond acceptors (Lipinski definition) is 5. The zero-order chi connectivity index (χ0) is 16.5. The lowest BCUT2D eigenvalue weighted by Crippen LogP contribution is -2.43. The van der Waals surface area contributed by atoms with E-state index in [0.717, 1.165) is 66.6 Å². The zero-order valence-electron chi connectivity index (χ0n) is 14.2. The van der Waals surface area contributed by atoms with Crippen molar-refractivity contribution in [1.82, 2.24) is 29.8 Å². The van der Waals surface area contributed by atoms with Gasteiger partial charge in [0.25, 0.3) is 0 Å². The number of rotatable bonds is 3. The maximum absolute atomic E-state index is 4.54. The van der Waals surface area contributed by atoms with Gasteiger partial charge < -0.3 is 9.72 Å². The summed E-state index contributed by atoms with van der Waals surface area (Å²) >= 11 is 0. The van der Waals surface area contributed by atoms with Crippen molar-refractivity contribution in [2.45, 2.75) is 20.4 Å². The molecule has 0 aliphatic carbocycles. The Hall–Kier alpha value is -2.31. The Kier molecular flexibility index (Phi) is 4.00. The van der Waals surface area contributed by atoms with Crippen LogP contribution in [0, 0.1) is 13.8 Å². The second kappa shape index (κ2) is 6.30. The van der Waals surface area contributed by atoms with Crippen molar-refractivity contribution in [2.24, 2.45) is 0 Å². The van der Waals surface area contributed by atoms with Crippen LogP contribution < -0.4 is 5.32 Å². The van der Waals surface area contributed by atoms with Crippen molar-refractivity contribution in [3.63, 3.8) is 0 Å². The average Bonchev–Trinajstić information content (AvgIpc) is 2.97. The van der Waals surface area contributed by atoms with E-state index in [4.69, 9.17) is 0 Å². The third-order valence-electron chi connectivity index (χ3n) is 4.47. The van der Waals surface area contributed by atoms with E-state index in [0.29, 0.717) is 0 Å². The summed E-state index contributed by atoms with van der Waals surface area (Å²) in [5.74, 6) is 0. The van der Waals surface area contributed by atoms with E-state index < -0.39 is 0 Å². The molecule has 6 heteroatoms. The summed E-state index contributed by atoms with van der Waals surface area (Å²) in [6, 6.07) is 6.28. The highest BCUT2D eigenvalue weighted by molar-refractivity contribution is 5.63. The maximum Gasteiger partial charge on any atom is 0.139 e. The van der Waals surface area contributed by atoms with Crippen molar-refractivity contribution in [2.75, 3.05) is 26.2 Å². The summed E-state index contributed by atoms with van der Waals surface area (Å²) < 4.78 is 2.07. The lowest BCUT2D eigenvalue weighted by Gasteiger charge is -2.26. The predicted octanol–water partition coefficient (Wildman–Crippen LogP) is 1.81. The molecule has 0 amide bonds. The van der Waals surface area contributed by atoms with Crippen LogP contribution in [-0.4, -0.2) is 50.7 Å². The molecule has 124 valence electrons. The highest BCUT2D eigenvalue weighted by atomic mass is 15.2. The lowest BCUT2D eigenvalue weighted by atomic mass is 10.1. The van der Waals surface area contributed by atoms with Crippen LogP contribution in [-0.2, 0) is 6.54 Å². The van der Waals surface area contributed by atoms with Crippen LogP contribution in [0.4, 0.5) is 0 Å². The van der Waals surface area contributed by atoms with Gasteiger partial charge in [-0.15, -0.1) is 0 Å². The average molecular weight is 322 g/mol. The van der Waals surface area contributed by atoms with E-state index in [-0.39, 0.29) is 0 Å². The highest BCUT2D eigenvalue weighted by Gasteiger charge is 2.12. The molecule has 1 aliphatic heterocycles. The molecule has 0 radical (unpaired) electrons. The van der Waals surface area contributed by atoms with E-state index >= 15 is 0 Å². The van der Waals surface area contributed by atoms with Crippen LogP contribution in [0.15, 0.2) is 30.6 Å². The first-order chi connectivity index (χ1) is 11.7. The van der Waals surface area contributed by atoms with Gasteiger partial charge in [0, 0.05) is 50.7 Å². The van der Waals surface area contributed by atoms with E-state index in [9.17, 15) is 0 Å². The fourth-order valence-electron chi connectivity index (χ4n) is 3.23. The van der Waals surface area contributed by atoms with Gasteiger partial charge in [-0.2, -0.15) is 10.2 Å². The Morgan fingerprint density at radius 1 is 1.08 bits per heavy atom. The predicted molar refractivity (Wildman–Crippen MR) is 93.8 cm³/mol. The van der Waals surface area contributed by atoms with Crippen molar-refractivity contribution in [3.8, 4) is 11.3 Å². The molecule has 0 unspecified atom stereocenters. The second-order valence-electron chi connectivity index (χ2n) is 6.46. The van der Waals surface area contributed by atoms with Gasteiger partial charge >= 0.3 is 0 Å². The highest BCUT2D eigenvalue weighted by Crippen LogP contribution is 2.21.